The number of hydrogen-bond acceptors (Lipinski definition) is 2. The molecule has 0 amide bonds. The highest BCUT2D eigenvalue weighted by atomic mass is 35.5. The molecule has 100 valence electrons. The maximum atomic E-state index is 12.5. The first-order chi connectivity index (χ1) is 7.80. The lowest BCUT2D eigenvalue weighted by Gasteiger charge is -2.09. The molecule has 0 radical (unpaired) electrons. The van der Waals surface area contributed by atoms with Gasteiger partial charge in [-0.2, -0.15) is 18.3 Å². The SMILES string of the molecule is Cl.N=C(N)NN=Cc1ccc(Cl)c(C(F)(F)F)c1. The van der Waals surface area contributed by atoms with Crippen molar-refractivity contribution in [3.63, 3.8) is 0 Å². The molecule has 0 spiro atoms. The summed E-state index contributed by atoms with van der Waals surface area (Å²) in [6, 6.07) is 3.34. The van der Waals surface area contributed by atoms with Crippen LogP contribution in [0, 0.1) is 5.41 Å². The molecule has 0 atom stereocenters. The zero-order valence-corrected chi connectivity index (χ0v) is 10.3. The minimum atomic E-state index is -4.52. The maximum Gasteiger partial charge on any atom is 0.417 e. The molecule has 0 fully saturated rings. The molecule has 0 aliphatic heterocycles. The van der Waals surface area contributed by atoms with Crippen molar-refractivity contribution in [2.24, 2.45) is 10.8 Å². The van der Waals surface area contributed by atoms with Crippen LogP contribution in [-0.4, -0.2) is 12.2 Å². The molecule has 0 aliphatic rings. The summed E-state index contributed by atoms with van der Waals surface area (Å²) in [6.07, 6.45) is -3.41. The van der Waals surface area contributed by atoms with Gasteiger partial charge in [-0.1, -0.05) is 17.7 Å². The molecule has 0 saturated heterocycles. The van der Waals surface area contributed by atoms with E-state index in [0.29, 0.717) is 0 Å². The van der Waals surface area contributed by atoms with Gasteiger partial charge in [0.25, 0.3) is 0 Å². The van der Waals surface area contributed by atoms with E-state index in [1.54, 1.807) is 0 Å². The fourth-order valence-corrected chi connectivity index (χ4v) is 1.24. The van der Waals surface area contributed by atoms with Gasteiger partial charge >= 0.3 is 6.18 Å². The van der Waals surface area contributed by atoms with Gasteiger partial charge in [0.05, 0.1) is 16.8 Å². The second-order valence-corrected chi connectivity index (χ2v) is 3.43. The summed E-state index contributed by atoms with van der Waals surface area (Å²) >= 11 is 5.43. The van der Waals surface area contributed by atoms with Crippen molar-refractivity contribution in [1.29, 1.82) is 5.41 Å². The summed E-state index contributed by atoms with van der Waals surface area (Å²) in [7, 11) is 0. The molecule has 1 rings (SSSR count). The lowest BCUT2D eigenvalue weighted by Crippen LogP contribution is -2.25. The number of benzene rings is 1. The van der Waals surface area contributed by atoms with Gasteiger partial charge in [-0.25, -0.2) is 5.43 Å². The van der Waals surface area contributed by atoms with Crippen LogP contribution in [0.3, 0.4) is 0 Å². The monoisotopic (exact) mass is 300 g/mol. The molecule has 0 saturated carbocycles. The molecule has 1 aromatic carbocycles. The highest BCUT2D eigenvalue weighted by Crippen LogP contribution is 2.34. The maximum absolute atomic E-state index is 12.5. The smallest absolute Gasteiger partial charge is 0.369 e. The summed E-state index contributed by atoms with van der Waals surface area (Å²) in [6.45, 7) is 0. The van der Waals surface area contributed by atoms with Crippen LogP contribution in [0.5, 0.6) is 0 Å². The van der Waals surface area contributed by atoms with Crippen molar-refractivity contribution in [2.45, 2.75) is 6.18 Å². The Morgan fingerprint density at radius 2 is 2.06 bits per heavy atom. The van der Waals surface area contributed by atoms with E-state index < -0.39 is 17.7 Å². The molecule has 0 unspecified atom stereocenters. The first kappa shape index (κ1) is 16.5. The van der Waals surface area contributed by atoms with E-state index >= 15 is 0 Å². The van der Waals surface area contributed by atoms with E-state index in [1.165, 1.54) is 6.07 Å². The van der Waals surface area contributed by atoms with E-state index in [-0.39, 0.29) is 23.0 Å². The molecule has 0 aromatic heterocycles. The molecule has 9 heteroatoms. The number of nitrogens with zero attached hydrogens (tertiary/aromatic N) is 1. The van der Waals surface area contributed by atoms with Crippen molar-refractivity contribution in [2.75, 3.05) is 0 Å². The van der Waals surface area contributed by atoms with Crippen molar-refractivity contribution >= 4 is 36.2 Å². The van der Waals surface area contributed by atoms with Crippen LogP contribution in [0.15, 0.2) is 23.3 Å². The lowest BCUT2D eigenvalue weighted by atomic mass is 10.1. The lowest BCUT2D eigenvalue weighted by molar-refractivity contribution is -0.137. The molecule has 1 aromatic rings. The Bertz CT molecular complexity index is 460. The zero-order valence-electron chi connectivity index (χ0n) is 8.75. The summed E-state index contributed by atoms with van der Waals surface area (Å²) < 4.78 is 37.4. The van der Waals surface area contributed by atoms with Crippen LogP contribution in [0.2, 0.25) is 5.02 Å². The minimum absolute atomic E-state index is 0. The van der Waals surface area contributed by atoms with Crippen molar-refractivity contribution in [3.8, 4) is 0 Å². The van der Waals surface area contributed by atoms with Crippen LogP contribution < -0.4 is 11.2 Å². The Morgan fingerprint density at radius 1 is 1.44 bits per heavy atom. The van der Waals surface area contributed by atoms with Gasteiger partial charge in [0.1, 0.15) is 0 Å². The van der Waals surface area contributed by atoms with Crippen molar-refractivity contribution in [3.05, 3.63) is 34.3 Å². The predicted molar refractivity (Wildman–Crippen MR) is 66.3 cm³/mol. The van der Waals surface area contributed by atoms with E-state index in [2.05, 4.69) is 10.5 Å². The van der Waals surface area contributed by atoms with E-state index in [1.807, 2.05) is 0 Å². The van der Waals surface area contributed by atoms with Crippen molar-refractivity contribution < 1.29 is 13.2 Å². The molecule has 0 aliphatic carbocycles. The number of nitrogens with two attached hydrogens (primary N) is 1. The fourth-order valence-electron chi connectivity index (χ4n) is 1.02. The number of guanidine groups is 1. The number of hydrogen-bond donors (Lipinski definition) is 3. The second-order valence-electron chi connectivity index (χ2n) is 3.02. The fraction of sp³-hybridized carbons (Fsp3) is 0.111. The van der Waals surface area contributed by atoms with E-state index in [9.17, 15) is 13.2 Å². The van der Waals surface area contributed by atoms with Gasteiger partial charge < -0.3 is 5.73 Å². The van der Waals surface area contributed by atoms with E-state index in [4.69, 9.17) is 22.7 Å². The van der Waals surface area contributed by atoms with Crippen molar-refractivity contribution in [1.82, 2.24) is 5.43 Å². The average molecular weight is 301 g/mol. The van der Waals surface area contributed by atoms with Gasteiger partial charge in [-0.05, 0) is 17.7 Å². The summed E-state index contributed by atoms with van der Waals surface area (Å²) in [5, 5.41) is 9.87. The Kier molecular flexibility index (Phi) is 5.93. The Labute approximate surface area is 112 Å². The first-order valence-corrected chi connectivity index (χ1v) is 4.68. The summed E-state index contributed by atoms with van der Waals surface area (Å²) in [4.78, 5) is 0. The van der Waals surface area contributed by atoms with Crippen LogP contribution in [0.4, 0.5) is 13.2 Å². The standard InChI is InChI=1S/C9H8ClF3N4.ClH/c10-7-2-1-5(4-16-17-8(14)15)3-6(7)9(11,12)13;/h1-4H,(H4,14,15,17);1H. The molecule has 18 heavy (non-hydrogen) atoms. The third kappa shape index (κ3) is 4.80. The van der Waals surface area contributed by atoms with Gasteiger partial charge in [0.2, 0.25) is 5.96 Å². The highest BCUT2D eigenvalue weighted by molar-refractivity contribution is 6.31. The topological polar surface area (TPSA) is 74.3 Å². The first-order valence-electron chi connectivity index (χ1n) is 4.30. The highest BCUT2D eigenvalue weighted by Gasteiger charge is 2.33. The van der Waals surface area contributed by atoms with Gasteiger partial charge in [-0.15, -0.1) is 12.4 Å². The molecule has 0 bridgehead atoms. The Morgan fingerprint density at radius 3 is 2.56 bits per heavy atom. The predicted octanol–water partition coefficient (Wildman–Crippen LogP) is 2.60. The van der Waals surface area contributed by atoms with Crippen LogP contribution in [-0.2, 0) is 6.18 Å². The Balaban J connectivity index is 0.00000289. The molecule has 4 N–H and O–H groups in total. The number of alkyl halides is 3. The molecule has 4 nitrogen and oxygen atoms in total. The summed E-state index contributed by atoms with van der Waals surface area (Å²) in [5.74, 6) is -0.411. The van der Waals surface area contributed by atoms with Crippen LogP contribution in [0.1, 0.15) is 11.1 Å². The summed E-state index contributed by atoms with van der Waals surface area (Å²) in [5.41, 5.74) is 6.27. The molecule has 0 heterocycles. The van der Waals surface area contributed by atoms with Gasteiger partial charge in [0.15, 0.2) is 0 Å². The number of nitrogens with one attached hydrogen (secondary N) is 2. The molecular formula is C9H9Cl2F3N4. The Hall–Kier alpha value is -1.47. The average Bonchev–Trinajstić information content (AvgIpc) is 2.18. The van der Waals surface area contributed by atoms with Crippen LogP contribution in [0.25, 0.3) is 0 Å². The quantitative estimate of drug-likeness (QED) is 0.446. The molecular weight excluding hydrogens is 292 g/mol. The largest absolute Gasteiger partial charge is 0.417 e. The van der Waals surface area contributed by atoms with E-state index in [0.717, 1.165) is 18.3 Å². The van der Waals surface area contributed by atoms with Gasteiger partial charge in [0, 0.05) is 0 Å². The van der Waals surface area contributed by atoms with Gasteiger partial charge in [-0.3, -0.25) is 5.41 Å². The zero-order chi connectivity index (χ0) is 13.1. The number of halogens is 5. The minimum Gasteiger partial charge on any atom is -0.369 e. The third-order valence-electron chi connectivity index (χ3n) is 1.69. The second kappa shape index (κ2) is 6.46. The van der Waals surface area contributed by atoms with Crippen LogP contribution >= 0.6 is 24.0 Å². The number of hydrazone groups is 1. The third-order valence-corrected chi connectivity index (χ3v) is 2.02. The normalized spacial score (nSPS) is 11.1. The number of rotatable bonds is 2.